The molecule has 0 N–H and O–H groups in total. The summed E-state index contributed by atoms with van der Waals surface area (Å²) in [6, 6.07) is 18.4. The van der Waals surface area contributed by atoms with Crippen LogP contribution in [0.3, 0.4) is 0 Å². The standard InChI is InChI=1S/C21H17NO3/c23-20-11-5-10-18-17(20)13-19(14-6-2-1-3-7-14)22(18)16-9-4-8-15(12-16)21(24)25/h1-4,6-9,12-13H,5,10-11H2,(H,24,25)/p-1. The highest BCUT2D eigenvalue weighted by molar-refractivity contribution is 6.00. The third-order valence-corrected chi connectivity index (χ3v) is 4.63. The maximum absolute atomic E-state index is 12.4. The molecule has 0 saturated carbocycles. The Bertz CT molecular complexity index is 970. The van der Waals surface area contributed by atoms with Crippen molar-refractivity contribution in [2.24, 2.45) is 0 Å². The predicted octanol–water partition coefficient (Wildman–Crippen LogP) is 3.03. The molecule has 0 saturated heterocycles. The van der Waals surface area contributed by atoms with Crippen LogP contribution >= 0.6 is 0 Å². The zero-order chi connectivity index (χ0) is 17.4. The van der Waals surface area contributed by atoms with E-state index in [9.17, 15) is 14.7 Å². The monoisotopic (exact) mass is 330 g/mol. The summed E-state index contributed by atoms with van der Waals surface area (Å²) in [5.41, 5.74) is 4.44. The Morgan fingerprint density at radius 2 is 1.76 bits per heavy atom. The smallest absolute Gasteiger partial charge is 0.164 e. The predicted molar refractivity (Wildman–Crippen MR) is 92.8 cm³/mol. The van der Waals surface area contributed by atoms with Gasteiger partial charge < -0.3 is 14.5 Å². The lowest BCUT2D eigenvalue weighted by Gasteiger charge is -2.18. The van der Waals surface area contributed by atoms with Crippen molar-refractivity contribution in [1.82, 2.24) is 4.57 Å². The molecule has 0 unspecified atom stereocenters. The molecule has 4 nitrogen and oxygen atoms in total. The number of nitrogens with zero attached hydrogens (tertiary/aromatic N) is 1. The minimum atomic E-state index is -1.21. The first-order chi connectivity index (χ1) is 12.1. The summed E-state index contributed by atoms with van der Waals surface area (Å²) in [6.45, 7) is 0. The normalized spacial score (nSPS) is 13.5. The molecule has 4 rings (SSSR count). The Hall–Kier alpha value is -3.14. The molecule has 4 heteroatoms. The van der Waals surface area contributed by atoms with Crippen molar-refractivity contribution in [1.29, 1.82) is 0 Å². The van der Waals surface area contributed by atoms with Crippen molar-refractivity contribution >= 4 is 11.8 Å². The number of fused-ring (bicyclic) bond motifs is 1. The molecule has 2 aromatic carbocycles. The first-order valence-electron chi connectivity index (χ1n) is 8.30. The lowest BCUT2D eigenvalue weighted by atomic mass is 9.96. The van der Waals surface area contributed by atoms with E-state index >= 15 is 0 Å². The SMILES string of the molecule is O=C([O-])c1cccc(-n2c(-c3ccccc3)cc3c2CCCC3=O)c1. The molecule has 0 fully saturated rings. The lowest BCUT2D eigenvalue weighted by Crippen LogP contribution is -2.22. The number of carboxylic acids is 1. The number of aromatic carboxylic acids is 1. The van der Waals surface area contributed by atoms with Crippen LogP contribution in [0.15, 0.2) is 60.7 Å². The van der Waals surface area contributed by atoms with Gasteiger partial charge in [0.05, 0.1) is 11.7 Å². The molecule has 1 heterocycles. The number of rotatable bonds is 3. The minimum Gasteiger partial charge on any atom is -0.545 e. The largest absolute Gasteiger partial charge is 0.545 e. The van der Waals surface area contributed by atoms with Gasteiger partial charge in [-0.25, -0.2) is 0 Å². The summed E-state index contributed by atoms with van der Waals surface area (Å²) in [5, 5.41) is 11.2. The van der Waals surface area contributed by atoms with Gasteiger partial charge in [-0.3, -0.25) is 4.79 Å². The summed E-state index contributed by atoms with van der Waals surface area (Å²) >= 11 is 0. The minimum absolute atomic E-state index is 0.126. The molecular formula is C21H16NO3-. The number of Topliss-reactive ketones (excluding diaryl/α,β-unsaturated/α-hetero) is 1. The van der Waals surface area contributed by atoms with Gasteiger partial charge in [0.25, 0.3) is 0 Å². The molecule has 1 aromatic heterocycles. The second kappa shape index (κ2) is 6.06. The number of hydrogen-bond donors (Lipinski definition) is 0. The van der Waals surface area contributed by atoms with Crippen molar-refractivity contribution in [3.63, 3.8) is 0 Å². The molecule has 0 aliphatic heterocycles. The van der Waals surface area contributed by atoms with E-state index < -0.39 is 5.97 Å². The zero-order valence-corrected chi connectivity index (χ0v) is 13.6. The molecule has 0 amide bonds. The molecule has 0 atom stereocenters. The van der Waals surface area contributed by atoms with E-state index in [0.29, 0.717) is 6.42 Å². The van der Waals surface area contributed by atoms with E-state index in [1.54, 1.807) is 12.1 Å². The first kappa shape index (κ1) is 15.4. The van der Waals surface area contributed by atoms with Gasteiger partial charge in [-0.2, -0.15) is 0 Å². The number of ketones is 1. The molecule has 0 radical (unpaired) electrons. The average Bonchev–Trinajstić information content (AvgIpc) is 3.03. The number of carboxylic acid groups (broad SMARTS) is 1. The third-order valence-electron chi connectivity index (χ3n) is 4.63. The third kappa shape index (κ3) is 2.66. The maximum atomic E-state index is 12.4. The Kier molecular flexibility index (Phi) is 3.73. The van der Waals surface area contributed by atoms with Crippen molar-refractivity contribution in [2.45, 2.75) is 19.3 Å². The molecule has 1 aliphatic carbocycles. The fourth-order valence-electron chi connectivity index (χ4n) is 3.48. The first-order valence-corrected chi connectivity index (χ1v) is 8.30. The van der Waals surface area contributed by atoms with E-state index in [1.807, 2.05) is 47.0 Å². The highest BCUT2D eigenvalue weighted by Gasteiger charge is 2.25. The van der Waals surface area contributed by atoms with Crippen molar-refractivity contribution in [3.8, 4) is 16.9 Å². The van der Waals surface area contributed by atoms with Crippen molar-refractivity contribution in [3.05, 3.63) is 77.5 Å². The van der Waals surface area contributed by atoms with Crippen LogP contribution < -0.4 is 5.11 Å². The van der Waals surface area contributed by atoms with Crippen LogP contribution in [0.2, 0.25) is 0 Å². The molecule has 0 bridgehead atoms. The quantitative estimate of drug-likeness (QED) is 0.741. The van der Waals surface area contributed by atoms with Crippen molar-refractivity contribution < 1.29 is 14.7 Å². The second-order valence-electron chi connectivity index (χ2n) is 6.21. The van der Waals surface area contributed by atoms with Crippen LogP contribution in [-0.2, 0) is 6.42 Å². The molecule has 3 aromatic rings. The van der Waals surface area contributed by atoms with E-state index in [-0.39, 0.29) is 11.3 Å². The number of hydrogen-bond acceptors (Lipinski definition) is 3. The summed E-state index contributed by atoms with van der Waals surface area (Å²) in [7, 11) is 0. The van der Waals surface area contributed by atoms with Gasteiger partial charge in [-0.15, -0.1) is 0 Å². The number of carbonyl (C=O) groups is 2. The summed E-state index contributed by atoms with van der Waals surface area (Å²) in [6.07, 6.45) is 2.16. The Balaban J connectivity index is 1.99. The molecular weight excluding hydrogens is 314 g/mol. The van der Waals surface area contributed by atoms with Gasteiger partial charge in [-0.1, -0.05) is 42.5 Å². The number of benzene rings is 2. The van der Waals surface area contributed by atoms with Gasteiger partial charge in [0.15, 0.2) is 5.78 Å². The molecule has 0 spiro atoms. The van der Waals surface area contributed by atoms with Gasteiger partial charge in [0.1, 0.15) is 0 Å². The second-order valence-corrected chi connectivity index (χ2v) is 6.21. The van der Waals surface area contributed by atoms with Gasteiger partial charge in [0, 0.05) is 23.4 Å². The fraction of sp³-hybridized carbons (Fsp3) is 0.143. The summed E-state index contributed by atoms with van der Waals surface area (Å²) in [5.74, 6) is -1.06. The zero-order valence-electron chi connectivity index (χ0n) is 13.6. The van der Waals surface area contributed by atoms with E-state index in [0.717, 1.165) is 41.0 Å². The Morgan fingerprint density at radius 1 is 0.960 bits per heavy atom. The van der Waals surface area contributed by atoms with Gasteiger partial charge >= 0.3 is 0 Å². The highest BCUT2D eigenvalue weighted by Crippen LogP contribution is 2.34. The van der Waals surface area contributed by atoms with Crippen LogP contribution in [0.5, 0.6) is 0 Å². The van der Waals surface area contributed by atoms with E-state index in [4.69, 9.17) is 0 Å². The average molecular weight is 330 g/mol. The van der Waals surface area contributed by atoms with Crippen molar-refractivity contribution in [2.75, 3.05) is 0 Å². The Labute approximate surface area is 145 Å². The summed E-state index contributed by atoms with van der Waals surface area (Å²) < 4.78 is 2.01. The van der Waals surface area contributed by atoms with Crippen LogP contribution in [0.4, 0.5) is 0 Å². The Morgan fingerprint density at radius 3 is 2.52 bits per heavy atom. The number of aromatic nitrogens is 1. The molecule has 1 aliphatic rings. The fourth-order valence-corrected chi connectivity index (χ4v) is 3.48. The maximum Gasteiger partial charge on any atom is 0.164 e. The molecule has 25 heavy (non-hydrogen) atoms. The van der Waals surface area contributed by atoms with E-state index in [2.05, 4.69) is 0 Å². The van der Waals surface area contributed by atoms with Gasteiger partial charge in [0.2, 0.25) is 0 Å². The van der Waals surface area contributed by atoms with Crippen LogP contribution in [0, 0.1) is 0 Å². The number of carbonyl (C=O) groups excluding carboxylic acids is 2. The molecule has 124 valence electrons. The van der Waals surface area contributed by atoms with Crippen LogP contribution in [0.1, 0.15) is 39.3 Å². The lowest BCUT2D eigenvalue weighted by molar-refractivity contribution is -0.255. The summed E-state index contributed by atoms with van der Waals surface area (Å²) in [4.78, 5) is 23.6. The van der Waals surface area contributed by atoms with E-state index in [1.165, 1.54) is 6.07 Å². The highest BCUT2D eigenvalue weighted by atomic mass is 16.4. The van der Waals surface area contributed by atoms with Gasteiger partial charge in [-0.05, 0) is 42.2 Å². The van der Waals surface area contributed by atoms with Crippen LogP contribution in [0.25, 0.3) is 16.9 Å². The topological polar surface area (TPSA) is 62.1 Å². The van der Waals surface area contributed by atoms with Crippen LogP contribution in [-0.4, -0.2) is 16.3 Å².